The molecule has 1 saturated heterocycles. The molecule has 1 aliphatic heterocycles. The second-order valence-corrected chi connectivity index (χ2v) is 9.83. The zero-order chi connectivity index (χ0) is 20.1. The van der Waals surface area contributed by atoms with E-state index in [1.54, 1.807) is 23.7 Å². The van der Waals surface area contributed by atoms with E-state index in [2.05, 4.69) is 5.10 Å². The number of hydrogen-bond acceptors (Lipinski definition) is 4. The van der Waals surface area contributed by atoms with Crippen molar-refractivity contribution in [2.75, 3.05) is 13.1 Å². The third kappa shape index (κ3) is 2.98. The van der Waals surface area contributed by atoms with Crippen LogP contribution < -0.4 is 0 Å². The first-order valence-electron chi connectivity index (χ1n) is 9.78. The molecule has 8 heteroatoms. The maximum atomic E-state index is 13.3. The van der Waals surface area contributed by atoms with Crippen LogP contribution in [0.5, 0.6) is 0 Å². The van der Waals surface area contributed by atoms with Crippen LogP contribution in [0.25, 0.3) is 0 Å². The number of fused-ring (bicyclic) bond motifs is 1. The summed E-state index contributed by atoms with van der Waals surface area (Å²) in [5.41, 5.74) is 0.160. The van der Waals surface area contributed by atoms with Crippen molar-refractivity contribution in [2.45, 2.75) is 50.2 Å². The Kier molecular flexibility index (Phi) is 4.84. The molecule has 2 aromatic rings. The molecule has 1 aliphatic carbocycles. The number of rotatable bonds is 4. The van der Waals surface area contributed by atoms with E-state index < -0.39 is 15.6 Å². The Labute approximate surface area is 165 Å². The number of halogens is 1. The Morgan fingerprint density at radius 2 is 2.00 bits per heavy atom. The van der Waals surface area contributed by atoms with E-state index in [1.165, 1.54) is 22.6 Å². The van der Waals surface area contributed by atoms with Gasteiger partial charge in [-0.2, -0.15) is 9.40 Å². The van der Waals surface area contributed by atoms with Crippen LogP contribution in [0.15, 0.2) is 35.4 Å². The quantitative estimate of drug-likeness (QED) is 0.846. The van der Waals surface area contributed by atoms with Gasteiger partial charge in [-0.05, 0) is 56.7 Å². The van der Waals surface area contributed by atoms with Gasteiger partial charge >= 0.3 is 0 Å². The minimum atomic E-state index is -3.68. The summed E-state index contributed by atoms with van der Waals surface area (Å²) < 4.78 is 43.0. The molecular weight excluding hydrogens is 381 g/mol. The van der Waals surface area contributed by atoms with Gasteiger partial charge in [0, 0.05) is 25.6 Å². The Bertz CT molecular complexity index is 973. The monoisotopic (exact) mass is 407 g/mol. The van der Waals surface area contributed by atoms with Gasteiger partial charge in [0.25, 0.3) is 0 Å². The maximum absolute atomic E-state index is 13.3. The van der Waals surface area contributed by atoms with Crippen molar-refractivity contribution in [1.29, 1.82) is 0 Å². The summed E-state index contributed by atoms with van der Waals surface area (Å²) in [7, 11) is -3.68. The van der Waals surface area contributed by atoms with Crippen molar-refractivity contribution in [3.05, 3.63) is 47.5 Å². The molecule has 152 valence electrons. The van der Waals surface area contributed by atoms with E-state index in [9.17, 15) is 17.9 Å². The standard InChI is InChI=1S/C20H26FN3O3S/c1-3-24-14(2)19(11-22-24)28(26,27)23-12-15-5-4-10-20(25,18(15)13-23)16-6-8-17(21)9-7-16/h6-9,11,15,18,25H,3-5,10,12-13H2,1-2H3. The summed E-state index contributed by atoms with van der Waals surface area (Å²) in [5.74, 6) is -0.470. The maximum Gasteiger partial charge on any atom is 0.246 e. The molecule has 28 heavy (non-hydrogen) atoms. The molecule has 4 rings (SSSR count). The highest BCUT2D eigenvalue weighted by Crippen LogP contribution is 2.49. The summed E-state index contributed by atoms with van der Waals surface area (Å²) >= 11 is 0. The van der Waals surface area contributed by atoms with Gasteiger partial charge in [0.2, 0.25) is 10.0 Å². The molecule has 3 atom stereocenters. The molecule has 1 aromatic heterocycles. The first-order chi connectivity index (χ1) is 13.3. The molecule has 3 unspecified atom stereocenters. The van der Waals surface area contributed by atoms with Crippen LogP contribution in [-0.2, 0) is 22.2 Å². The third-order valence-corrected chi connectivity index (χ3v) is 8.41. The number of aliphatic hydroxyl groups is 1. The Morgan fingerprint density at radius 1 is 1.29 bits per heavy atom. The Morgan fingerprint density at radius 3 is 2.64 bits per heavy atom. The number of aromatic nitrogens is 2. The van der Waals surface area contributed by atoms with Gasteiger partial charge in [0.1, 0.15) is 10.7 Å². The number of benzene rings is 1. The number of sulfonamides is 1. The normalized spacial score (nSPS) is 28.4. The lowest BCUT2D eigenvalue weighted by atomic mass is 9.67. The molecular formula is C20H26FN3O3S. The average Bonchev–Trinajstić information content (AvgIpc) is 3.27. The van der Waals surface area contributed by atoms with Gasteiger partial charge in [0.15, 0.2) is 0 Å². The lowest BCUT2D eigenvalue weighted by molar-refractivity contribution is -0.0641. The van der Waals surface area contributed by atoms with Gasteiger partial charge in [-0.3, -0.25) is 4.68 Å². The van der Waals surface area contributed by atoms with E-state index in [0.717, 1.165) is 12.8 Å². The lowest BCUT2D eigenvalue weighted by Crippen LogP contribution is -2.43. The van der Waals surface area contributed by atoms with E-state index in [1.807, 2.05) is 6.92 Å². The fourth-order valence-corrected chi connectivity index (χ4v) is 6.60. The smallest absolute Gasteiger partial charge is 0.246 e. The van der Waals surface area contributed by atoms with E-state index in [0.29, 0.717) is 30.8 Å². The van der Waals surface area contributed by atoms with E-state index >= 15 is 0 Å². The number of hydrogen-bond donors (Lipinski definition) is 1. The highest BCUT2D eigenvalue weighted by atomic mass is 32.2. The van der Waals surface area contributed by atoms with Crippen molar-refractivity contribution in [1.82, 2.24) is 14.1 Å². The van der Waals surface area contributed by atoms with Crippen LogP contribution in [0.4, 0.5) is 4.39 Å². The van der Waals surface area contributed by atoms with Crippen LogP contribution in [0.2, 0.25) is 0 Å². The average molecular weight is 408 g/mol. The van der Waals surface area contributed by atoms with E-state index in [4.69, 9.17) is 0 Å². The second kappa shape index (κ2) is 6.93. The van der Waals surface area contributed by atoms with Gasteiger partial charge in [-0.15, -0.1) is 0 Å². The molecule has 0 spiro atoms. The molecule has 1 saturated carbocycles. The molecule has 1 aromatic carbocycles. The van der Waals surface area contributed by atoms with Crippen LogP contribution >= 0.6 is 0 Å². The molecule has 6 nitrogen and oxygen atoms in total. The van der Waals surface area contributed by atoms with Crippen LogP contribution in [0.3, 0.4) is 0 Å². The van der Waals surface area contributed by atoms with Gasteiger partial charge in [-0.1, -0.05) is 12.1 Å². The van der Waals surface area contributed by atoms with Crippen molar-refractivity contribution in [2.24, 2.45) is 11.8 Å². The summed E-state index contributed by atoms with van der Waals surface area (Å²) in [6, 6.07) is 5.93. The summed E-state index contributed by atoms with van der Waals surface area (Å²) in [6.45, 7) is 4.95. The molecule has 0 radical (unpaired) electrons. The minimum absolute atomic E-state index is 0.0834. The predicted molar refractivity (Wildman–Crippen MR) is 103 cm³/mol. The summed E-state index contributed by atoms with van der Waals surface area (Å²) in [4.78, 5) is 0.235. The van der Waals surface area contributed by atoms with Crippen LogP contribution in [0.1, 0.15) is 37.4 Å². The van der Waals surface area contributed by atoms with Crippen molar-refractivity contribution < 1.29 is 17.9 Å². The Balaban J connectivity index is 1.65. The zero-order valence-corrected chi connectivity index (χ0v) is 17.0. The molecule has 2 heterocycles. The van der Waals surface area contributed by atoms with Crippen molar-refractivity contribution in [3.8, 4) is 0 Å². The summed E-state index contributed by atoms with van der Waals surface area (Å²) in [5, 5.41) is 15.7. The van der Waals surface area contributed by atoms with Crippen molar-refractivity contribution >= 4 is 10.0 Å². The second-order valence-electron chi connectivity index (χ2n) is 7.92. The molecule has 0 bridgehead atoms. The largest absolute Gasteiger partial charge is 0.385 e. The highest BCUT2D eigenvalue weighted by molar-refractivity contribution is 7.89. The minimum Gasteiger partial charge on any atom is -0.385 e. The van der Waals surface area contributed by atoms with Gasteiger partial charge < -0.3 is 5.11 Å². The number of nitrogens with zero attached hydrogens (tertiary/aromatic N) is 3. The van der Waals surface area contributed by atoms with Crippen LogP contribution in [-0.4, -0.2) is 40.7 Å². The van der Waals surface area contributed by atoms with Gasteiger partial charge in [-0.25, -0.2) is 12.8 Å². The third-order valence-electron chi connectivity index (χ3n) is 6.47. The molecule has 2 aliphatic rings. The van der Waals surface area contributed by atoms with E-state index in [-0.39, 0.29) is 29.1 Å². The SMILES string of the molecule is CCn1ncc(S(=O)(=O)N2CC3CCCC(O)(c4ccc(F)cc4)C3C2)c1C. The molecule has 0 amide bonds. The predicted octanol–water partition coefficient (Wildman–Crippen LogP) is 2.66. The van der Waals surface area contributed by atoms with Gasteiger partial charge in [0.05, 0.1) is 17.5 Å². The first kappa shape index (κ1) is 19.5. The highest BCUT2D eigenvalue weighted by Gasteiger charge is 2.52. The molecule has 2 fully saturated rings. The molecule has 1 N–H and O–H groups in total. The first-order valence-corrected chi connectivity index (χ1v) is 11.2. The fourth-order valence-electron chi connectivity index (χ4n) is 4.92. The van der Waals surface area contributed by atoms with Crippen LogP contribution in [0, 0.1) is 24.6 Å². The Hall–Kier alpha value is -1.77. The fraction of sp³-hybridized carbons (Fsp3) is 0.550. The topological polar surface area (TPSA) is 75.4 Å². The van der Waals surface area contributed by atoms with Crippen molar-refractivity contribution in [3.63, 3.8) is 0 Å². The number of aryl methyl sites for hydroxylation is 1. The summed E-state index contributed by atoms with van der Waals surface area (Å²) in [6.07, 6.45) is 3.67. The zero-order valence-electron chi connectivity index (χ0n) is 16.2. The lowest BCUT2D eigenvalue weighted by Gasteiger charge is -2.41.